The summed E-state index contributed by atoms with van der Waals surface area (Å²) in [5.41, 5.74) is 13.0. The molecule has 46 heavy (non-hydrogen) atoms. The molecule has 10 nitrogen and oxygen atoms in total. The van der Waals surface area contributed by atoms with E-state index in [1.807, 2.05) is 55.7 Å². The number of rotatable bonds is 16. The fourth-order valence-corrected chi connectivity index (χ4v) is 5.54. The zero-order valence-electron chi connectivity index (χ0n) is 26.6. The summed E-state index contributed by atoms with van der Waals surface area (Å²) in [5.74, 6) is -3.70. The second-order valence-corrected chi connectivity index (χ2v) is 12.5. The molecule has 2 aromatic carbocycles. The Kier molecular flexibility index (Phi) is 13.0. The van der Waals surface area contributed by atoms with Crippen LogP contribution in [0.1, 0.15) is 63.8 Å². The lowest BCUT2D eigenvalue weighted by Gasteiger charge is -2.41. The van der Waals surface area contributed by atoms with Gasteiger partial charge in [-0.2, -0.15) is 0 Å². The largest absolute Gasteiger partial charge is 0.480 e. The maximum absolute atomic E-state index is 14.9. The van der Waals surface area contributed by atoms with Gasteiger partial charge >= 0.3 is 5.97 Å². The monoisotopic (exact) mass is 641 g/mol. The topological polar surface area (TPSA) is 164 Å². The van der Waals surface area contributed by atoms with Gasteiger partial charge in [0.05, 0.1) is 12.1 Å². The van der Waals surface area contributed by atoms with Crippen molar-refractivity contribution in [2.75, 3.05) is 19.7 Å². The van der Waals surface area contributed by atoms with Crippen molar-refractivity contribution < 1.29 is 33.4 Å². The summed E-state index contributed by atoms with van der Waals surface area (Å²) in [7, 11) is 0. The number of carboxylic acids is 1. The zero-order chi connectivity index (χ0) is 34.0. The third-order valence-electron chi connectivity index (χ3n) is 7.81. The van der Waals surface area contributed by atoms with Crippen LogP contribution in [0.5, 0.6) is 0 Å². The highest BCUT2D eigenvalue weighted by atomic mass is 19.1. The maximum atomic E-state index is 14.9. The molecule has 0 aliphatic heterocycles. The lowest BCUT2D eigenvalue weighted by atomic mass is 9.82. The summed E-state index contributed by atoms with van der Waals surface area (Å²) in [4.78, 5) is 39.4. The third kappa shape index (κ3) is 9.68. The molecular weight excluding hydrogens is 596 g/mol. The van der Waals surface area contributed by atoms with Crippen molar-refractivity contribution in [2.24, 2.45) is 16.9 Å². The molecule has 0 fully saturated rings. The number of aliphatic hydroxyl groups excluding tert-OH is 1. The number of aromatic nitrogens is 1. The minimum Gasteiger partial charge on any atom is -0.480 e. The number of nitrogens with one attached hydrogen (secondary N) is 1. The van der Waals surface area contributed by atoms with Gasteiger partial charge in [0.1, 0.15) is 24.3 Å². The van der Waals surface area contributed by atoms with Gasteiger partial charge in [0.15, 0.2) is 0 Å². The second-order valence-electron chi connectivity index (χ2n) is 12.5. The first-order chi connectivity index (χ1) is 21.8. The summed E-state index contributed by atoms with van der Waals surface area (Å²) in [6.45, 7) is 5.59. The van der Waals surface area contributed by atoms with Gasteiger partial charge in [0.25, 0.3) is 0 Å². The number of nitrogens with two attached hydrogens (primary N) is 2. The number of carboxylic acid groups (broad SMARTS) is 1. The zero-order valence-corrected chi connectivity index (χ0v) is 26.6. The van der Waals surface area contributed by atoms with E-state index in [1.54, 1.807) is 12.3 Å². The molecule has 0 aliphatic rings. The minimum absolute atomic E-state index is 0.0376. The van der Waals surface area contributed by atoms with Crippen molar-refractivity contribution in [3.63, 3.8) is 0 Å². The van der Waals surface area contributed by atoms with Gasteiger partial charge in [-0.15, -0.1) is 0 Å². The third-order valence-corrected chi connectivity index (χ3v) is 7.81. The van der Waals surface area contributed by atoms with Gasteiger partial charge in [-0.3, -0.25) is 9.59 Å². The predicted molar refractivity (Wildman–Crippen MR) is 171 cm³/mol. The van der Waals surface area contributed by atoms with E-state index < -0.39 is 59.6 Å². The van der Waals surface area contributed by atoms with Crippen LogP contribution in [0.15, 0.2) is 60.8 Å². The van der Waals surface area contributed by atoms with Crippen LogP contribution in [-0.2, 0) is 20.9 Å². The molecule has 1 aromatic heterocycles. The molecule has 0 bridgehead atoms. The van der Waals surface area contributed by atoms with Gasteiger partial charge in [-0.05, 0) is 67.5 Å². The summed E-state index contributed by atoms with van der Waals surface area (Å²) < 4.78 is 31.0. The Labute approximate surface area is 268 Å². The summed E-state index contributed by atoms with van der Waals surface area (Å²) in [6, 6.07) is 11.4. The highest BCUT2D eigenvalue weighted by Gasteiger charge is 2.37. The second kappa shape index (κ2) is 16.4. The Bertz CT molecular complexity index is 1470. The minimum atomic E-state index is -1.19. The van der Waals surface area contributed by atoms with Crippen molar-refractivity contribution in [1.29, 1.82) is 0 Å². The number of hydrogen-bond acceptors (Lipinski definition) is 6. The molecule has 3 rings (SSSR count). The Morgan fingerprint density at radius 3 is 2.33 bits per heavy atom. The standard InChI is InChI=1S/C34H45F2N5O5/c1-34(2,3)31(41(30(43)21-42)16-14-27(38)32(44)39-28(33(45)46)11-7-8-15-37)29-17-23(25-18-24(35)12-13-26(25)36)20-40(29)19-22-9-5-4-6-10-22/h4-6,9-10,12-13,17-18,20,27-28,31,42H,7-8,11,14-16,19,21,37-38H2,1-3H3,(H,39,44)(H,45,46). The number of unbranched alkanes of at least 4 members (excludes halogenated alkanes) is 1. The van der Waals surface area contributed by atoms with Crippen LogP contribution in [0.25, 0.3) is 11.1 Å². The molecule has 7 N–H and O–H groups in total. The van der Waals surface area contributed by atoms with Crippen LogP contribution in [0, 0.1) is 17.0 Å². The highest BCUT2D eigenvalue weighted by molar-refractivity contribution is 5.86. The van der Waals surface area contributed by atoms with Gasteiger partial charge in [-0.25, -0.2) is 13.6 Å². The van der Waals surface area contributed by atoms with Crippen molar-refractivity contribution in [3.05, 3.63) is 83.7 Å². The lowest BCUT2D eigenvalue weighted by molar-refractivity contribution is -0.142. The van der Waals surface area contributed by atoms with E-state index in [0.29, 0.717) is 37.2 Å². The molecule has 0 radical (unpaired) electrons. The fraction of sp³-hybridized carbons (Fsp3) is 0.441. The lowest BCUT2D eigenvalue weighted by Crippen LogP contribution is -2.50. The first-order valence-corrected chi connectivity index (χ1v) is 15.3. The number of carbonyl (C=O) groups is 3. The van der Waals surface area contributed by atoms with E-state index in [9.17, 15) is 33.4 Å². The molecular formula is C34H45F2N5O5. The number of amides is 2. The van der Waals surface area contributed by atoms with Gasteiger partial charge < -0.3 is 36.5 Å². The number of hydrogen-bond donors (Lipinski definition) is 5. The van der Waals surface area contributed by atoms with Crippen molar-refractivity contribution in [2.45, 2.75) is 71.1 Å². The maximum Gasteiger partial charge on any atom is 0.326 e. The van der Waals surface area contributed by atoms with Gasteiger partial charge in [0, 0.05) is 36.1 Å². The molecule has 3 aromatic rings. The predicted octanol–water partition coefficient (Wildman–Crippen LogP) is 3.81. The van der Waals surface area contributed by atoms with Crippen LogP contribution < -0.4 is 16.8 Å². The van der Waals surface area contributed by atoms with Gasteiger partial charge in [-0.1, -0.05) is 51.1 Å². The van der Waals surface area contributed by atoms with Crippen molar-refractivity contribution in [1.82, 2.24) is 14.8 Å². The van der Waals surface area contributed by atoms with E-state index in [1.165, 1.54) is 4.90 Å². The Morgan fingerprint density at radius 1 is 1.02 bits per heavy atom. The molecule has 3 atom stereocenters. The van der Waals surface area contributed by atoms with E-state index >= 15 is 0 Å². The number of halogens is 2. The molecule has 2 amide bonds. The van der Waals surface area contributed by atoms with Crippen LogP contribution >= 0.6 is 0 Å². The fourth-order valence-electron chi connectivity index (χ4n) is 5.54. The van der Waals surface area contributed by atoms with E-state index in [0.717, 1.165) is 23.8 Å². The van der Waals surface area contributed by atoms with Gasteiger partial charge in [0.2, 0.25) is 11.8 Å². The molecule has 3 unspecified atom stereocenters. The van der Waals surface area contributed by atoms with Crippen LogP contribution in [0.2, 0.25) is 0 Å². The Balaban J connectivity index is 2.00. The molecule has 0 spiro atoms. The SMILES string of the molecule is CC(C)(C)C(c1cc(-c2cc(F)ccc2F)cn1Cc1ccccc1)N(CCC(N)C(=O)NC(CCCCN)C(=O)O)C(=O)CO. The summed E-state index contributed by atoms with van der Waals surface area (Å²) >= 11 is 0. The molecule has 1 heterocycles. The summed E-state index contributed by atoms with van der Waals surface area (Å²) in [5, 5.41) is 22.0. The normalized spacial score (nSPS) is 13.6. The van der Waals surface area contributed by atoms with E-state index in [-0.39, 0.29) is 24.9 Å². The number of aliphatic carboxylic acids is 1. The van der Waals surface area contributed by atoms with E-state index in [2.05, 4.69) is 5.32 Å². The van der Waals surface area contributed by atoms with E-state index in [4.69, 9.17) is 11.5 Å². The average Bonchev–Trinajstić information content (AvgIpc) is 3.41. The molecule has 0 aliphatic carbocycles. The quantitative estimate of drug-likeness (QED) is 0.149. The molecule has 0 saturated carbocycles. The first kappa shape index (κ1) is 36.3. The number of carbonyl (C=O) groups excluding carboxylic acids is 2. The molecule has 0 saturated heterocycles. The highest BCUT2D eigenvalue weighted by Crippen LogP contribution is 2.41. The smallest absolute Gasteiger partial charge is 0.326 e. The molecule has 250 valence electrons. The van der Waals surface area contributed by atoms with Crippen molar-refractivity contribution >= 4 is 17.8 Å². The summed E-state index contributed by atoms with van der Waals surface area (Å²) in [6.07, 6.45) is 2.98. The van der Waals surface area contributed by atoms with Crippen LogP contribution in [0.4, 0.5) is 8.78 Å². The van der Waals surface area contributed by atoms with Crippen LogP contribution in [-0.4, -0.2) is 69.2 Å². The molecule has 12 heteroatoms. The number of aliphatic hydroxyl groups is 1. The van der Waals surface area contributed by atoms with Crippen LogP contribution in [0.3, 0.4) is 0 Å². The number of nitrogens with zero attached hydrogens (tertiary/aromatic N) is 2. The average molecular weight is 642 g/mol. The first-order valence-electron chi connectivity index (χ1n) is 15.3. The Hall–Kier alpha value is -4.13. The van der Waals surface area contributed by atoms with Crippen molar-refractivity contribution in [3.8, 4) is 11.1 Å². The Morgan fingerprint density at radius 2 is 1.72 bits per heavy atom. The number of benzene rings is 2.